The Morgan fingerprint density at radius 3 is 2.75 bits per heavy atom. The SMILES string of the molecule is CN(C)CCN1C(=O)CN2CCOC2(c2ccccc2F)c2cc(Cl)ccc21. The molecular formula is C21H23ClFN3O2. The highest BCUT2D eigenvalue weighted by molar-refractivity contribution is 6.30. The van der Waals surface area contributed by atoms with Crippen LogP contribution in [0.15, 0.2) is 42.5 Å². The fourth-order valence-electron chi connectivity index (χ4n) is 4.06. The van der Waals surface area contributed by atoms with Crippen molar-refractivity contribution in [1.82, 2.24) is 9.80 Å². The summed E-state index contributed by atoms with van der Waals surface area (Å²) in [5, 5.41) is 0.520. The van der Waals surface area contributed by atoms with Crippen molar-refractivity contribution in [3.05, 3.63) is 64.4 Å². The molecule has 2 aliphatic rings. The van der Waals surface area contributed by atoms with Crippen molar-refractivity contribution in [1.29, 1.82) is 0 Å². The standard InChI is InChI=1S/C21H23ClFN3O2/c1-24(2)9-10-26-19-8-7-15(22)13-17(19)21(16-5-3-4-6-18(16)23)25(11-12-28-21)14-20(26)27/h3-8,13H,9-12,14H2,1-2H3. The normalized spacial score (nSPS) is 22.3. The summed E-state index contributed by atoms with van der Waals surface area (Å²) in [7, 11) is 3.93. The van der Waals surface area contributed by atoms with Crippen LogP contribution < -0.4 is 4.90 Å². The summed E-state index contributed by atoms with van der Waals surface area (Å²) < 4.78 is 21.2. The number of likely N-dealkylation sites (N-methyl/N-ethyl adjacent to an activating group) is 1. The molecule has 2 aliphatic heterocycles. The van der Waals surface area contributed by atoms with Gasteiger partial charge in [0.05, 0.1) is 18.8 Å². The van der Waals surface area contributed by atoms with Gasteiger partial charge >= 0.3 is 0 Å². The monoisotopic (exact) mass is 403 g/mol. The van der Waals surface area contributed by atoms with E-state index in [2.05, 4.69) is 0 Å². The molecule has 148 valence electrons. The molecule has 1 unspecified atom stereocenters. The van der Waals surface area contributed by atoms with E-state index in [-0.39, 0.29) is 18.3 Å². The zero-order valence-corrected chi connectivity index (χ0v) is 16.7. The fraction of sp³-hybridized carbons (Fsp3) is 0.381. The zero-order chi connectivity index (χ0) is 19.9. The molecule has 1 amide bonds. The van der Waals surface area contributed by atoms with Crippen molar-refractivity contribution in [2.75, 3.05) is 51.8 Å². The van der Waals surface area contributed by atoms with Crippen LogP contribution in [0.2, 0.25) is 5.02 Å². The minimum absolute atomic E-state index is 0.0332. The van der Waals surface area contributed by atoms with Crippen LogP contribution in [0, 0.1) is 5.82 Å². The van der Waals surface area contributed by atoms with Crippen molar-refractivity contribution in [3.63, 3.8) is 0 Å². The Balaban J connectivity index is 1.94. The first-order valence-electron chi connectivity index (χ1n) is 9.32. The second-order valence-electron chi connectivity index (χ2n) is 7.40. The molecule has 0 spiro atoms. The van der Waals surface area contributed by atoms with E-state index in [1.807, 2.05) is 30.0 Å². The molecule has 0 aromatic heterocycles. The smallest absolute Gasteiger partial charge is 0.241 e. The van der Waals surface area contributed by atoms with Gasteiger partial charge in [-0.3, -0.25) is 9.69 Å². The molecule has 7 heteroatoms. The topological polar surface area (TPSA) is 36.0 Å². The first-order valence-corrected chi connectivity index (χ1v) is 9.70. The largest absolute Gasteiger partial charge is 0.350 e. The highest BCUT2D eigenvalue weighted by Crippen LogP contribution is 2.47. The number of anilines is 1. The Morgan fingerprint density at radius 1 is 1.21 bits per heavy atom. The van der Waals surface area contributed by atoms with Crippen molar-refractivity contribution in [3.8, 4) is 0 Å². The lowest BCUT2D eigenvalue weighted by Gasteiger charge is -2.37. The van der Waals surface area contributed by atoms with Crippen LogP contribution in [0.25, 0.3) is 0 Å². The highest BCUT2D eigenvalue weighted by atomic mass is 35.5. The fourth-order valence-corrected chi connectivity index (χ4v) is 4.24. The summed E-state index contributed by atoms with van der Waals surface area (Å²) in [5.74, 6) is -0.399. The molecule has 1 saturated heterocycles. The van der Waals surface area contributed by atoms with Crippen LogP contribution in [0.4, 0.5) is 10.1 Å². The van der Waals surface area contributed by atoms with Crippen LogP contribution >= 0.6 is 11.6 Å². The van der Waals surface area contributed by atoms with E-state index < -0.39 is 5.72 Å². The Kier molecular flexibility index (Phi) is 5.14. The van der Waals surface area contributed by atoms with Gasteiger partial charge in [-0.05, 0) is 38.4 Å². The lowest BCUT2D eigenvalue weighted by Crippen LogP contribution is -2.46. The third kappa shape index (κ3) is 3.10. The Morgan fingerprint density at radius 2 is 2.00 bits per heavy atom. The number of fused-ring (bicyclic) bond motifs is 3. The van der Waals surface area contributed by atoms with Gasteiger partial charge in [0.2, 0.25) is 5.91 Å². The number of amides is 1. The van der Waals surface area contributed by atoms with E-state index >= 15 is 0 Å². The van der Waals surface area contributed by atoms with Gasteiger partial charge in [-0.2, -0.15) is 0 Å². The van der Waals surface area contributed by atoms with E-state index in [1.165, 1.54) is 6.07 Å². The van der Waals surface area contributed by atoms with Crippen LogP contribution in [-0.4, -0.2) is 62.6 Å². The first kappa shape index (κ1) is 19.3. The van der Waals surface area contributed by atoms with E-state index in [4.69, 9.17) is 16.3 Å². The zero-order valence-electron chi connectivity index (χ0n) is 16.0. The van der Waals surface area contributed by atoms with Gasteiger partial charge in [0.15, 0.2) is 5.72 Å². The van der Waals surface area contributed by atoms with Gasteiger partial charge in [0, 0.05) is 35.8 Å². The third-order valence-electron chi connectivity index (χ3n) is 5.37. The summed E-state index contributed by atoms with van der Waals surface area (Å²) in [5.41, 5.74) is 0.642. The van der Waals surface area contributed by atoms with Gasteiger partial charge < -0.3 is 14.5 Å². The van der Waals surface area contributed by atoms with Crippen molar-refractivity contribution in [2.24, 2.45) is 0 Å². The molecule has 0 aliphatic carbocycles. The number of ether oxygens (including phenoxy) is 1. The van der Waals surface area contributed by atoms with Crippen molar-refractivity contribution < 1.29 is 13.9 Å². The number of benzene rings is 2. The molecule has 1 fully saturated rings. The number of halogens is 2. The maximum Gasteiger partial charge on any atom is 0.241 e. The summed E-state index contributed by atoms with van der Waals surface area (Å²) in [6.07, 6.45) is 0. The molecule has 0 bridgehead atoms. The van der Waals surface area contributed by atoms with E-state index in [0.29, 0.717) is 48.1 Å². The number of hydrogen-bond acceptors (Lipinski definition) is 4. The molecule has 2 aromatic rings. The molecule has 4 rings (SSSR count). The lowest BCUT2D eigenvalue weighted by atomic mass is 9.91. The maximum absolute atomic E-state index is 14.9. The van der Waals surface area contributed by atoms with E-state index in [9.17, 15) is 9.18 Å². The van der Waals surface area contributed by atoms with Gasteiger partial charge in [-0.25, -0.2) is 4.39 Å². The van der Waals surface area contributed by atoms with Gasteiger partial charge in [-0.1, -0.05) is 29.8 Å². The van der Waals surface area contributed by atoms with Crippen LogP contribution in [0.1, 0.15) is 11.1 Å². The molecule has 28 heavy (non-hydrogen) atoms. The molecule has 0 radical (unpaired) electrons. The Hall–Kier alpha value is -1.99. The maximum atomic E-state index is 14.9. The van der Waals surface area contributed by atoms with Gasteiger partial charge in [-0.15, -0.1) is 0 Å². The second-order valence-corrected chi connectivity index (χ2v) is 7.84. The number of nitrogens with zero attached hydrogens (tertiary/aromatic N) is 3. The van der Waals surface area contributed by atoms with E-state index in [1.54, 1.807) is 35.2 Å². The minimum Gasteiger partial charge on any atom is -0.350 e. The minimum atomic E-state index is -1.17. The van der Waals surface area contributed by atoms with Crippen LogP contribution in [0.5, 0.6) is 0 Å². The van der Waals surface area contributed by atoms with Crippen LogP contribution in [-0.2, 0) is 15.3 Å². The third-order valence-corrected chi connectivity index (χ3v) is 5.60. The van der Waals surface area contributed by atoms with Crippen molar-refractivity contribution in [2.45, 2.75) is 5.72 Å². The number of hydrogen-bond donors (Lipinski definition) is 0. The number of carbonyl (C=O) groups excluding carboxylic acids is 1. The predicted octanol–water partition coefficient (Wildman–Crippen LogP) is 2.92. The predicted molar refractivity (Wildman–Crippen MR) is 107 cm³/mol. The van der Waals surface area contributed by atoms with Crippen molar-refractivity contribution >= 4 is 23.2 Å². The highest BCUT2D eigenvalue weighted by Gasteiger charge is 2.52. The average Bonchev–Trinajstić information content (AvgIpc) is 3.03. The summed E-state index contributed by atoms with van der Waals surface area (Å²) in [6.45, 7) is 2.33. The molecule has 0 N–H and O–H groups in total. The summed E-state index contributed by atoms with van der Waals surface area (Å²) in [4.78, 5) is 18.9. The Bertz CT molecular complexity index is 907. The molecule has 2 aromatic carbocycles. The first-order chi connectivity index (χ1) is 13.4. The molecule has 1 atom stereocenters. The van der Waals surface area contributed by atoms with Gasteiger partial charge in [0.1, 0.15) is 5.82 Å². The van der Waals surface area contributed by atoms with E-state index in [0.717, 1.165) is 0 Å². The molecule has 5 nitrogen and oxygen atoms in total. The number of rotatable bonds is 4. The molecular weight excluding hydrogens is 381 g/mol. The van der Waals surface area contributed by atoms with Gasteiger partial charge in [0.25, 0.3) is 0 Å². The molecule has 0 saturated carbocycles. The quantitative estimate of drug-likeness (QED) is 0.786. The number of carbonyl (C=O) groups is 1. The Labute approximate surface area is 169 Å². The van der Waals surface area contributed by atoms with Crippen LogP contribution in [0.3, 0.4) is 0 Å². The summed E-state index contributed by atoms with van der Waals surface area (Å²) >= 11 is 6.34. The average molecular weight is 404 g/mol. The summed E-state index contributed by atoms with van der Waals surface area (Å²) in [6, 6.07) is 12.0. The second kappa shape index (κ2) is 7.44. The lowest BCUT2D eigenvalue weighted by molar-refractivity contribution is -0.123. The molecule has 2 heterocycles.